The minimum absolute atomic E-state index is 0.0721. The van der Waals surface area contributed by atoms with Crippen molar-refractivity contribution in [1.82, 2.24) is 14.8 Å². The van der Waals surface area contributed by atoms with Crippen LogP contribution in [-0.2, 0) is 9.84 Å². The van der Waals surface area contributed by atoms with Crippen LogP contribution in [0.4, 0.5) is 5.69 Å². The highest BCUT2D eigenvalue weighted by Gasteiger charge is 2.20. The second-order valence-corrected chi connectivity index (χ2v) is 11.5. The number of carbonyl (C=O) groups is 1. The molecule has 3 aromatic heterocycles. The molecule has 0 bridgehead atoms. The maximum atomic E-state index is 13.3. The van der Waals surface area contributed by atoms with Gasteiger partial charge in [0.15, 0.2) is 15.5 Å². The van der Waals surface area contributed by atoms with Crippen LogP contribution in [0.25, 0.3) is 22.3 Å². The summed E-state index contributed by atoms with van der Waals surface area (Å²) in [7, 11) is -3.39. The molecule has 0 aliphatic carbocycles. The van der Waals surface area contributed by atoms with Crippen molar-refractivity contribution in [3.8, 4) is 11.3 Å². The summed E-state index contributed by atoms with van der Waals surface area (Å²) in [6.07, 6.45) is 2.79. The van der Waals surface area contributed by atoms with E-state index < -0.39 is 9.84 Å². The maximum absolute atomic E-state index is 13.3. The molecule has 0 saturated heterocycles. The molecule has 3 heterocycles. The fourth-order valence-electron chi connectivity index (χ4n) is 3.61. The highest BCUT2D eigenvalue weighted by molar-refractivity contribution is 7.90. The first-order valence-electron chi connectivity index (χ1n) is 10.1. The summed E-state index contributed by atoms with van der Waals surface area (Å²) in [4.78, 5) is 20.6. The number of pyridine rings is 1. The Labute approximate surface area is 191 Å². The number of anilines is 1. The molecule has 1 amide bonds. The Morgan fingerprint density at radius 3 is 2.53 bits per heavy atom. The van der Waals surface area contributed by atoms with Gasteiger partial charge in [-0.25, -0.2) is 18.1 Å². The number of nitrogens with zero attached hydrogens (tertiary/aromatic N) is 3. The largest absolute Gasteiger partial charge is 0.322 e. The fourth-order valence-corrected chi connectivity index (χ4v) is 5.21. The summed E-state index contributed by atoms with van der Waals surface area (Å²) in [5, 5.41) is 7.93. The molecule has 0 fully saturated rings. The normalized spacial score (nSPS) is 11.9. The predicted molar refractivity (Wildman–Crippen MR) is 128 cm³/mol. The molecule has 9 heteroatoms. The number of benzene rings is 1. The van der Waals surface area contributed by atoms with Crippen molar-refractivity contribution >= 4 is 43.8 Å². The number of sulfone groups is 1. The number of fused-ring (bicyclic) bond motifs is 1. The molecule has 166 valence electrons. The molecule has 4 rings (SSSR count). The standard InChI is InChI=1S/C23H24N4O3S2/c1-13(2)27-22-20(12-24-27)19(11-21(26-22)18-9-14(3)31-15(18)4)23(28)25-16-7-6-8-17(10-16)32(5,29)30/h6-13H,1-5H3,(H,25,28). The van der Waals surface area contributed by atoms with Gasteiger partial charge in [-0.2, -0.15) is 5.10 Å². The van der Waals surface area contributed by atoms with E-state index in [0.29, 0.717) is 28.0 Å². The number of nitrogens with one attached hydrogen (secondary N) is 1. The lowest BCUT2D eigenvalue weighted by atomic mass is 10.1. The van der Waals surface area contributed by atoms with Gasteiger partial charge in [0.2, 0.25) is 0 Å². The Morgan fingerprint density at radius 1 is 1.16 bits per heavy atom. The van der Waals surface area contributed by atoms with E-state index in [9.17, 15) is 13.2 Å². The zero-order valence-corrected chi connectivity index (χ0v) is 20.1. The van der Waals surface area contributed by atoms with Gasteiger partial charge >= 0.3 is 0 Å². The molecule has 0 atom stereocenters. The van der Waals surface area contributed by atoms with Crippen molar-refractivity contribution < 1.29 is 13.2 Å². The number of amides is 1. The third-order valence-corrected chi connectivity index (χ3v) is 7.21. The van der Waals surface area contributed by atoms with E-state index >= 15 is 0 Å². The van der Waals surface area contributed by atoms with Crippen LogP contribution >= 0.6 is 11.3 Å². The summed E-state index contributed by atoms with van der Waals surface area (Å²) in [5.74, 6) is -0.350. The van der Waals surface area contributed by atoms with Gasteiger partial charge in [0, 0.05) is 33.3 Å². The number of aryl methyl sites for hydroxylation is 2. The molecule has 0 saturated carbocycles. The zero-order chi connectivity index (χ0) is 23.2. The number of hydrogen-bond donors (Lipinski definition) is 1. The van der Waals surface area contributed by atoms with Crippen molar-refractivity contribution in [2.75, 3.05) is 11.6 Å². The summed E-state index contributed by atoms with van der Waals surface area (Å²) in [6.45, 7) is 8.10. The number of carbonyl (C=O) groups excluding carboxylic acids is 1. The number of aromatic nitrogens is 3. The molecule has 7 nitrogen and oxygen atoms in total. The van der Waals surface area contributed by atoms with Crippen LogP contribution in [-0.4, -0.2) is 35.3 Å². The molecule has 0 aliphatic heterocycles. The molecule has 32 heavy (non-hydrogen) atoms. The second kappa shape index (κ2) is 8.14. The van der Waals surface area contributed by atoms with Gasteiger partial charge in [-0.1, -0.05) is 6.07 Å². The predicted octanol–water partition coefficient (Wildman–Crippen LogP) is 5.01. The van der Waals surface area contributed by atoms with Gasteiger partial charge in [0.1, 0.15) is 0 Å². The van der Waals surface area contributed by atoms with Gasteiger partial charge in [-0.15, -0.1) is 11.3 Å². The number of rotatable bonds is 5. The molecule has 0 radical (unpaired) electrons. The van der Waals surface area contributed by atoms with Crippen molar-refractivity contribution in [2.45, 2.75) is 38.6 Å². The lowest BCUT2D eigenvalue weighted by molar-refractivity contribution is 0.102. The molecular weight excluding hydrogens is 444 g/mol. The molecule has 0 aliphatic rings. The van der Waals surface area contributed by atoms with Crippen LogP contribution in [0, 0.1) is 13.8 Å². The van der Waals surface area contributed by atoms with E-state index in [1.165, 1.54) is 17.0 Å². The first kappa shape index (κ1) is 22.2. The SMILES string of the molecule is Cc1cc(-c2cc(C(=O)Nc3cccc(S(C)(=O)=O)c3)c3cnn(C(C)C)c3n2)c(C)s1. The third kappa shape index (κ3) is 4.18. The number of thiophene rings is 1. The Hall–Kier alpha value is -3.04. The topological polar surface area (TPSA) is 94.0 Å². The van der Waals surface area contributed by atoms with Crippen LogP contribution in [0.15, 0.2) is 47.5 Å². The van der Waals surface area contributed by atoms with Crippen LogP contribution in [0.1, 0.15) is 40.0 Å². The first-order valence-corrected chi connectivity index (χ1v) is 12.8. The van der Waals surface area contributed by atoms with Crippen molar-refractivity contribution in [3.63, 3.8) is 0 Å². The smallest absolute Gasteiger partial charge is 0.256 e. The van der Waals surface area contributed by atoms with Gasteiger partial charge in [0.05, 0.1) is 27.7 Å². The highest BCUT2D eigenvalue weighted by Crippen LogP contribution is 2.33. The summed E-state index contributed by atoms with van der Waals surface area (Å²) in [5.41, 5.74) is 3.17. The molecule has 0 spiro atoms. The molecule has 0 unspecified atom stereocenters. The number of hydrogen-bond acceptors (Lipinski definition) is 6. The van der Waals surface area contributed by atoms with E-state index in [0.717, 1.165) is 16.7 Å². The highest BCUT2D eigenvalue weighted by atomic mass is 32.2. The zero-order valence-electron chi connectivity index (χ0n) is 18.5. The van der Waals surface area contributed by atoms with Crippen LogP contribution < -0.4 is 5.32 Å². The van der Waals surface area contributed by atoms with E-state index in [1.807, 2.05) is 27.7 Å². The van der Waals surface area contributed by atoms with Gasteiger partial charge < -0.3 is 5.32 Å². The monoisotopic (exact) mass is 468 g/mol. The second-order valence-electron chi connectivity index (χ2n) is 8.06. The van der Waals surface area contributed by atoms with E-state index in [2.05, 4.69) is 16.5 Å². The van der Waals surface area contributed by atoms with Gasteiger partial charge in [-0.05, 0) is 58.0 Å². The van der Waals surface area contributed by atoms with Crippen molar-refractivity contribution in [2.24, 2.45) is 0 Å². The van der Waals surface area contributed by atoms with E-state index in [1.54, 1.807) is 40.4 Å². The Balaban J connectivity index is 1.84. The average molecular weight is 469 g/mol. The minimum Gasteiger partial charge on any atom is -0.322 e. The molecule has 1 aromatic carbocycles. The minimum atomic E-state index is -3.39. The van der Waals surface area contributed by atoms with Gasteiger partial charge in [-0.3, -0.25) is 4.79 Å². The lowest BCUT2D eigenvalue weighted by Crippen LogP contribution is -2.14. The van der Waals surface area contributed by atoms with E-state index in [4.69, 9.17) is 4.98 Å². The van der Waals surface area contributed by atoms with Crippen LogP contribution in [0.5, 0.6) is 0 Å². The van der Waals surface area contributed by atoms with Crippen molar-refractivity contribution in [3.05, 3.63) is 57.9 Å². The Kier molecular flexibility index (Phi) is 5.64. The summed E-state index contributed by atoms with van der Waals surface area (Å²) < 4.78 is 25.6. The summed E-state index contributed by atoms with van der Waals surface area (Å²) >= 11 is 1.68. The van der Waals surface area contributed by atoms with E-state index in [-0.39, 0.29) is 16.8 Å². The Bertz CT molecular complexity index is 1450. The maximum Gasteiger partial charge on any atom is 0.256 e. The molecular formula is C23H24N4O3S2. The van der Waals surface area contributed by atoms with Crippen molar-refractivity contribution in [1.29, 1.82) is 0 Å². The average Bonchev–Trinajstić information content (AvgIpc) is 3.29. The first-order chi connectivity index (χ1) is 15.0. The van der Waals surface area contributed by atoms with Gasteiger partial charge in [0.25, 0.3) is 5.91 Å². The van der Waals surface area contributed by atoms with Crippen LogP contribution in [0.3, 0.4) is 0 Å². The third-order valence-electron chi connectivity index (χ3n) is 5.14. The summed E-state index contributed by atoms with van der Waals surface area (Å²) in [6, 6.07) is 10.1. The quantitative estimate of drug-likeness (QED) is 0.444. The lowest BCUT2D eigenvalue weighted by Gasteiger charge is -2.11. The Morgan fingerprint density at radius 2 is 1.91 bits per heavy atom. The fraction of sp³-hybridized carbons (Fsp3) is 0.261. The molecule has 1 N–H and O–H groups in total. The molecule has 4 aromatic rings. The van der Waals surface area contributed by atoms with Crippen LogP contribution in [0.2, 0.25) is 0 Å².